The summed E-state index contributed by atoms with van der Waals surface area (Å²) in [5.74, 6) is 1.99. The fourth-order valence-electron chi connectivity index (χ4n) is 2.52. The molecule has 0 radical (unpaired) electrons. The number of ether oxygens (including phenoxy) is 1. The number of carbonyl (C=O) groups excluding carboxylic acids is 1. The molecule has 2 aromatic carbocycles. The molecule has 2 aromatic heterocycles. The van der Waals surface area contributed by atoms with Crippen LogP contribution in [-0.4, -0.2) is 31.8 Å². The van der Waals surface area contributed by atoms with Gasteiger partial charge in [-0.05, 0) is 60.7 Å². The van der Waals surface area contributed by atoms with Crippen LogP contribution in [0.4, 0.5) is 5.69 Å². The van der Waals surface area contributed by atoms with Crippen molar-refractivity contribution in [3.05, 3.63) is 78.1 Å². The van der Waals surface area contributed by atoms with E-state index in [2.05, 4.69) is 25.5 Å². The van der Waals surface area contributed by atoms with Crippen LogP contribution in [0.3, 0.4) is 0 Å². The van der Waals surface area contributed by atoms with E-state index in [-0.39, 0.29) is 11.7 Å². The Morgan fingerprint density at radius 2 is 1.75 bits per heavy atom. The monoisotopic (exact) mass is 467 g/mol. The lowest BCUT2D eigenvalue weighted by atomic mass is 10.3. The molecule has 7 nitrogen and oxygen atoms in total. The molecule has 164 valence electrons. The molecule has 0 aliphatic carbocycles. The lowest BCUT2D eigenvalue weighted by Gasteiger charge is -2.08. The standard InChI is InChI=1S/C21H16ClN5O2S.C2H6/c22-15-3-7-17(8-4-15)29-18-9-5-16(6-10-18)24-19(28)13-30-21-25-20(26-27-21)14-2-1-11-23-12-14;1-2/h1-12H,13H2,(H,24,28)(H,25,26,27);1-2H3. The van der Waals surface area contributed by atoms with E-state index in [9.17, 15) is 4.79 Å². The fraction of sp³-hybridized carbons (Fsp3) is 0.130. The van der Waals surface area contributed by atoms with Crippen LogP contribution in [0.2, 0.25) is 5.02 Å². The number of rotatable bonds is 7. The molecule has 0 spiro atoms. The van der Waals surface area contributed by atoms with Crippen molar-refractivity contribution < 1.29 is 9.53 Å². The number of anilines is 1. The van der Waals surface area contributed by atoms with Crippen molar-refractivity contribution in [1.82, 2.24) is 20.2 Å². The van der Waals surface area contributed by atoms with E-state index >= 15 is 0 Å². The fourth-order valence-corrected chi connectivity index (χ4v) is 3.24. The number of benzene rings is 2. The van der Waals surface area contributed by atoms with Crippen molar-refractivity contribution in [2.24, 2.45) is 0 Å². The molecule has 0 unspecified atom stereocenters. The maximum absolute atomic E-state index is 12.2. The molecular weight excluding hydrogens is 446 g/mol. The summed E-state index contributed by atoms with van der Waals surface area (Å²) in [5, 5.41) is 11.0. The summed E-state index contributed by atoms with van der Waals surface area (Å²) in [7, 11) is 0. The van der Waals surface area contributed by atoms with Gasteiger partial charge in [-0.15, -0.1) is 5.10 Å². The Morgan fingerprint density at radius 3 is 2.41 bits per heavy atom. The molecule has 2 heterocycles. The third kappa shape index (κ3) is 6.83. The number of H-pyrrole nitrogens is 1. The van der Waals surface area contributed by atoms with E-state index < -0.39 is 0 Å². The number of thioether (sulfide) groups is 1. The first kappa shape index (κ1) is 23.3. The molecule has 0 aliphatic rings. The Bertz CT molecular complexity index is 1120. The Morgan fingerprint density at radius 1 is 1.06 bits per heavy atom. The van der Waals surface area contributed by atoms with E-state index in [1.165, 1.54) is 11.8 Å². The summed E-state index contributed by atoms with van der Waals surface area (Å²) in [5.41, 5.74) is 1.51. The summed E-state index contributed by atoms with van der Waals surface area (Å²) in [6.45, 7) is 4.00. The Kier molecular flexibility index (Phi) is 8.65. The first-order chi connectivity index (χ1) is 15.7. The van der Waals surface area contributed by atoms with E-state index in [1.54, 1.807) is 60.9 Å². The number of pyridine rings is 1. The molecule has 0 bridgehead atoms. The number of amides is 1. The number of carbonyl (C=O) groups is 1. The molecule has 0 atom stereocenters. The third-order valence-electron chi connectivity index (χ3n) is 3.92. The van der Waals surface area contributed by atoms with Gasteiger partial charge in [0.05, 0.1) is 5.75 Å². The van der Waals surface area contributed by atoms with Crippen LogP contribution in [0.5, 0.6) is 11.5 Å². The van der Waals surface area contributed by atoms with Crippen LogP contribution in [0, 0.1) is 0 Å². The van der Waals surface area contributed by atoms with Gasteiger partial charge < -0.3 is 10.1 Å². The van der Waals surface area contributed by atoms with Crippen molar-refractivity contribution in [2.75, 3.05) is 11.1 Å². The first-order valence-electron chi connectivity index (χ1n) is 9.95. The number of aromatic nitrogens is 4. The average molecular weight is 468 g/mol. The van der Waals surface area contributed by atoms with Crippen molar-refractivity contribution in [2.45, 2.75) is 19.0 Å². The van der Waals surface area contributed by atoms with Gasteiger partial charge in [0.1, 0.15) is 11.5 Å². The van der Waals surface area contributed by atoms with E-state index in [1.807, 2.05) is 26.0 Å². The van der Waals surface area contributed by atoms with Crippen LogP contribution in [0.1, 0.15) is 13.8 Å². The van der Waals surface area contributed by atoms with Gasteiger partial charge in [0.25, 0.3) is 0 Å². The zero-order valence-electron chi connectivity index (χ0n) is 17.6. The molecule has 32 heavy (non-hydrogen) atoms. The Labute approximate surface area is 195 Å². The highest BCUT2D eigenvalue weighted by molar-refractivity contribution is 7.99. The van der Waals surface area contributed by atoms with Crippen LogP contribution in [0.15, 0.2) is 78.2 Å². The average Bonchev–Trinajstić information content (AvgIpc) is 3.32. The highest BCUT2D eigenvalue weighted by atomic mass is 35.5. The van der Waals surface area contributed by atoms with E-state index in [0.717, 1.165) is 5.56 Å². The van der Waals surface area contributed by atoms with Gasteiger partial charge in [-0.2, -0.15) is 0 Å². The number of hydrogen-bond donors (Lipinski definition) is 2. The topological polar surface area (TPSA) is 92.8 Å². The van der Waals surface area contributed by atoms with Crippen LogP contribution in [0.25, 0.3) is 11.4 Å². The molecule has 9 heteroatoms. The van der Waals surface area contributed by atoms with Crippen LogP contribution >= 0.6 is 23.4 Å². The number of nitrogens with one attached hydrogen (secondary N) is 2. The molecule has 4 aromatic rings. The van der Waals surface area contributed by atoms with Crippen molar-refractivity contribution in [3.8, 4) is 22.9 Å². The number of hydrogen-bond acceptors (Lipinski definition) is 6. The molecule has 0 saturated heterocycles. The Balaban J connectivity index is 0.00000141. The van der Waals surface area contributed by atoms with E-state index in [4.69, 9.17) is 16.3 Å². The van der Waals surface area contributed by atoms with Crippen LogP contribution < -0.4 is 10.1 Å². The van der Waals surface area contributed by atoms with Gasteiger partial charge in [0.15, 0.2) is 5.82 Å². The Hall–Kier alpha value is -3.36. The minimum atomic E-state index is -0.154. The zero-order valence-corrected chi connectivity index (χ0v) is 19.2. The summed E-state index contributed by atoms with van der Waals surface area (Å²) >= 11 is 7.12. The second kappa shape index (κ2) is 11.9. The second-order valence-corrected chi connectivity index (χ2v) is 7.50. The SMILES string of the molecule is CC.O=C(CSc1n[nH]c(-c2cccnc2)n1)Nc1ccc(Oc2ccc(Cl)cc2)cc1. The summed E-state index contributed by atoms with van der Waals surface area (Å²) in [6, 6.07) is 17.9. The predicted octanol–water partition coefficient (Wildman–Crippen LogP) is 6.07. The van der Waals surface area contributed by atoms with Gasteiger partial charge in [-0.1, -0.05) is 37.2 Å². The quantitative estimate of drug-likeness (QED) is 0.320. The number of aromatic amines is 1. The maximum atomic E-state index is 12.2. The maximum Gasteiger partial charge on any atom is 0.234 e. The smallest absolute Gasteiger partial charge is 0.234 e. The summed E-state index contributed by atoms with van der Waals surface area (Å²) in [4.78, 5) is 20.6. The highest BCUT2D eigenvalue weighted by Crippen LogP contribution is 2.24. The number of nitrogens with zero attached hydrogens (tertiary/aromatic N) is 3. The predicted molar refractivity (Wildman–Crippen MR) is 128 cm³/mol. The summed E-state index contributed by atoms with van der Waals surface area (Å²) in [6.07, 6.45) is 3.39. The highest BCUT2D eigenvalue weighted by Gasteiger charge is 2.09. The molecule has 1 amide bonds. The molecule has 2 N–H and O–H groups in total. The first-order valence-corrected chi connectivity index (χ1v) is 11.3. The normalized spacial score (nSPS) is 10.1. The van der Waals surface area contributed by atoms with Gasteiger partial charge >= 0.3 is 0 Å². The van der Waals surface area contributed by atoms with Crippen molar-refractivity contribution >= 4 is 35.0 Å². The van der Waals surface area contributed by atoms with Crippen molar-refractivity contribution in [3.63, 3.8) is 0 Å². The zero-order chi connectivity index (χ0) is 22.8. The van der Waals surface area contributed by atoms with Gasteiger partial charge in [0, 0.05) is 28.7 Å². The van der Waals surface area contributed by atoms with Crippen molar-refractivity contribution in [1.29, 1.82) is 0 Å². The van der Waals surface area contributed by atoms with Crippen LogP contribution in [-0.2, 0) is 4.79 Å². The summed E-state index contributed by atoms with van der Waals surface area (Å²) < 4.78 is 5.74. The lowest BCUT2D eigenvalue weighted by Crippen LogP contribution is -2.14. The third-order valence-corrected chi connectivity index (χ3v) is 5.02. The molecule has 4 rings (SSSR count). The van der Waals surface area contributed by atoms with E-state index in [0.29, 0.717) is 33.2 Å². The lowest BCUT2D eigenvalue weighted by molar-refractivity contribution is -0.113. The van der Waals surface area contributed by atoms with Gasteiger partial charge in [-0.25, -0.2) is 4.98 Å². The minimum Gasteiger partial charge on any atom is -0.457 e. The minimum absolute atomic E-state index is 0.154. The molecular formula is C23H22ClN5O2S. The number of halogens is 1. The molecule has 0 aliphatic heterocycles. The largest absolute Gasteiger partial charge is 0.457 e. The molecule has 0 fully saturated rings. The van der Waals surface area contributed by atoms with Gasteiger partial charge in [0.2, 0.25) is 11.1 Å². The van der Waals surface area contributed by atoms with Gasteiger partial charge in [-0.3, -0.25) is 14.9 Å². The molecule has 0 saturated carbocycles. The second-order valence-electron chi connectivity index (χ2n) is 6.13.